The summed E-state index contributed by atoms with van der Waals surface area (Å²) in [5, 5.41) is 23.0. The molecule has 0 aliphatic heterocycles. The van der Waals surface area contributed by atoms with Crippen LogP contribution in [0.3, 0.4) is 0 Å². The molecule has 2 unspecified atom stereocenters. The van der Waals surface area contributed by atoms with E-state index >= 15 is 0 Å². The Morgan fingerprint density at radius 2 is 2.04 bits per heavy atom. The minimum atomic E-state index is -1.21. The molecule has 1 heterocycles. The molecule has 7 nitrogen and oxygen atoms in total. The lowest BCUT2D eigenvalue weighted by atomic mass is 10.0. The fourth-order valence-corrected chi connectivity index (χ4v) is 2.17. The van der Waals surface area contributed by atoms with E-state index in [2.05, 4.69) is 15.3 Å². The molecule has 0 spiro atoms. The SMILES string of the molecule is CC(C)(C)OC(=O)NCC(O)C(O)c1ccc2ncc(Cl)nc2c1. The first-order valence-corrected chi connectivity index (χ1v) is 7.79. The van der Waals surface area contributed by atoms with Gasteiger partial charge in [-0.1, -0.05) is 17.7 Å². The first-order valence-electron chi connectivity index (χ1n) is 7.41. The fourth-order valence-electron chi connectivity index (χ4n) is 2.03. The smallest absolute Gasteiger partial charge is 0.407 e. The lowest BCUT2D eigenvalue weighted by Gasteiger charge is -2.22. The quantitative estimate of drug-likeness (QED) is 0.778. The summed E-state index contributed by atoms with van der Waals surface area (Å²) in [4.78, 5) is 19.8. The Morgan fingerprint density at radius 3 is 2.71 bits per heavy atom. The highest BCUT2D eigenvalue weighted by molar-refractivity contribution is 6.29. The Kier molecular flexibility index (Phi) is 5.58. The molecule has 0 aliphatic rings. The van der Waals surface area contributed by atoms with Crippen LogP contribution in [-0.4, -0.2) is 44.5 Å². The molecule has 24 heavy (non-hydrogen) atoms. The van der Waals surface area contributed by atoms with Gasteiger partial charge in [0.25, 0.3) is 0 Å². The summed E-state index contributed by atoms with van der Waals surface area (Å²) in [6, 6.07) is 4.90. The number of nitrogens with one attached hydrogen (secondary N) is 1. The zero-order valence-electron chi connectivity index (χ0n) is 13.7. The monoisotopic (exact) mass is 353 g/mol. The van der Waals surface area contributed by atoms with E-state index in [-0.39, 0.29) is 11.7 Å². The van der Waals surface area contributed by atoms with Crippen molar-refractivity contribution in [3.63, 3.8) is 0 Å². The van der Waals surface area contributed by atoms with Gasteiger partial charge in [-0.2, -0.15) is 0 Å². The molecule has 0 aliphatic carbocycles. The van der Waals surface area contributed by atoms with Gasteiger partial charge in [-0.05, 0) is 38.5 Å². The van der Waals surface area contributed by atoms with Crippen LogP contribution in [0.4, 0.5) is 4.79 Å². The molecule has 0 radical (unpaired) electrons. The summed E-state index contributed by atoms with van der Waals surface area (Å²) < 4.78 is 5.07. The number of nitrogens with zero attached hydrogens (tertiary/aromatic N) is 2. The van der Waals surface area contributed by atoms with Crippen molar-refractivity contribution in [3.05, 3.63) is 35.1 Å². The van der Waals surface area contributed by atoms with Crippen molar-refractivity contribution < 1.29 is 19.7 Å². The fraction of sp³-hybridized carbons (Fsp3) is 0.438. The molecule has 0 fully saturated rings. The van der Waals surface area contributed by atoms with Gasteiger partial charge >= 0.3 is 6.09 Å². The normalized spacial score (nSPS) is 14.2. The minimum Gasteiger partial charge on any atom is -0.444 e. The number of ether oxygens (including phenoxy) is 1. The summed E-state index contributed by atoms with van der Waals surface area (Å²) in [7, 11) is 0. The number of hydrogen-bond donors (Lipinski definition) is 3. The molecule has 3 N–H and O–H groups in total. The van der Waals surface area contributed by atoms with Crippen LogP contribution >= 0.6 is 11.6 Å². The van der Waals surface area contributed by atoms with Crippen LogP contribution in [0.5, 0.6) is 0 Å². The van der Waals surface area contributed by atoms with E-state index in [0.29, 0.717) is 16.6 Å². The first-order chi connectivity index (χ1) is 11.2. The number of hydrogen-bond acceptors (Lipinski definition) is 6. The van der Waals surface area contributed by atoms with E-state index in [1.165, 1.54) is 6.20 Å². The molecular weight excluding hydrogens is 334 g/mol. The van der Waals surface area contributed by atoms with Gasteiger partial charge in [0, 0.05) is 6.54 Å². The summed E-state index contributed by atoms with van der Waals surface area (Å²) in [5.74, 6) is 0. The second-order valence-corrected chi connectivity index (χ2v) is 6.72. The highest BCUT2D eigenvalue weighted by atomic mass is 35.5. The van der Waals surface area contributed by atoms with Crippen LogP contribution in [0.15, 0.2) is 24.4 Å². The molecule has 1 amide bonds. The molecule has 2 aromatic rings. The maximum atomic E-state index is 11.6. The third kappa shape index (κ3) is 5.02. The third-order valence-corrected chi connectivity index (χ3v) is 3.28. The van der Waals surface area contributed by atoms with Crippen molar-refractivity contribution in [2.75, 3.05) is 6.54 Å². The van der Waals surface area contributed by atoms with Gasteiger partial charge in [0.2, 0.25) is 0 Å². The van der Waals surface area contributed by atoms with Crippen molar-refractivity contribution >= 4 is 28.7 Å². The number of benzene rings is 1. The zero-order chi connectivity index (χ0) is 17.9. The molecule has 1 aromatic carbocycles. The lowest BCUT2D eigenvalue weighted by Crippen LogP contribution is -2.38. The number of rotatable bonds is 4. The van der Waals surface area contributed by atoms with Crippen molar-refractivity contribution in [2.24, 2.45) is 0 Å². The second kappa shape index (κ2) is 7.29. The topological polar surface area (TPSA) is 105 Å². The van der Waals surface area contributed by atoms with Crippen LogP contribution in [0.2, 0.25) is 5.15 Å². The number of halogens is 1. The number of carbonyl (C=O) groups is 1. The largest absolute Gasteiger partial charge is 0.444 e. The van der Waals surface area contributed by atoms with Crippen molar-refractivity contribution in [3.8, 4) is 0 Å². The highest BCUT2D eigenvalue weighted by Crippen LogP contribution is 2.21. The number of amides is 1. The van der Waals surface area contributed by atoms with Crippen molar-refractivity contribution in [2.45, 2.75) is 38.6 Å². The number of alkyl carbamates (subject to hydrolysis) is 1. The molecule has 130 valence electrons. The lowest BCUT2D eigenvalue weighted by molar-refractivity contribution is 0.0130. The van der Waals surface area contributed by atoms with Crippen LogP contribution < -0.4 is 5.32 Å². The molecule has 2 rings (SSSR count). The van der Waals surface area contributed by atoms with Gasteiger partial charge in [0.1, 0.15) is 23.0 Å². The van der Waals surface area contributed by atoms with E-state index in [1.807, 2.05) is 0 Å². The summed E-state index contributed by atoms with van der Waals surface area (Å²) in [6.07, 6.45) is -1.64. The van der Waals surface area contributed by atoms with Crippen LogP contribution in [0, 0.1) is 0 Å². The number of aliphatic hydroxyl groups is 2. The van der Waals surface area contributed by atoms with Gasteiger partial charge < -0.3 is 20.3 Å². The standard InChI is InChI=1S/C16H20ClN3O4/c1-16(2,3)24-15(23)19-7-12(21)14(22)9-4-5-10-11(6-9)20-13(17)8-18-10/h4-6,8,12,14,21-22H,7H2,1-3H3,(H,19,23). The van der Waals surface area contributed by atoms with E-state index in [1.54, 1.807) is 39.0 Å². The van der Waals surface area contributed by atoms with E-state index < -0.39 is 23.9 Å². The van der Waals surface area contributed by atoms with E-state index in [9.17, 15) is 15.0 Å². The molecule has 0 saturated heterocycles. The van der Waals surface area contributed by atoms with Gasteiger partial charge in [-0.3, -0.25) is 4.98 Å². The van der Waals surface area contributed by atoms with Crippen LogP contribution in [0.25, 0.3) is 11.0 Å². The molecule has 2 atom stereocenters. The number of carbonyl (C=O) groups excluding carboxylic acids is 1. The Hall–Kier alpha value is -1.96. The molecule has 8 heteroatoms. The maximum Gasteiger partial charge on any atom is 0.407 e. The third-order valence-electron chi connectivity index (χ3n) is 3.10. The first kappa shape index (κ1) is 18.4. The Morgan fingerprint density at radius 1 is 1.33 bits per heavy atom. The number of fused-ring (bicyclic) bond motifs is 1. The molecular formula is C16H20ClN3O4. The van der Waals surface area contributed by atoms with Gasteiger partial charge in [-0.15, -0.1) is 0 Å². The van der Waals surface area contributed by atoms with Gasteiger partial charge in [0.05, 0.1) is 17.2 Å². The zero-order valence-corrected chi connectivity index (χ0v) is 14.4. The molecule has 0 bridgehead atoms. The van der Waals surface area contributed by atoms with Crippen LogP contribution in [0.1, 0.15) is 32.4 Å². The summed E-state index contributed by atoms with van der Waals surface area (Å²) in [6.45, 7) is 5.05. The Labute approximate surface area is 144 Å². The van der Waals surface area contributed by atoms with Crippen LogP contribution in [-0.2, 0) is 4.74 Å². The van der Waals surface area contributed by atoms with Gasteiger partial charge in [0.15, 0.2) is 0 Å². The van der Waals surface area contributed by atoms with Crippen molar-refractivity contribution in [1.29, 1.82) is 0 Å². The Balaban J connectivity index is 2.02. The highest BCUT2D eigenvalue weighted by Gasteiger charge is 2.22. The van der Waals surface area contributed by atoms with E-state index in [0.717, 1.165) is 0 Å². The molecule has 1 aromatic heterocycles. The maximum absolute atomic E-state index is 11.6. The van der Waals surface area contributed by atoms with E-state index in [4.69, 9.17) is 16.3 Å². The second-order valence-electron chi connectivity index (χ2n) is 6.34. The predicted octanol–water partition coefficient (Wildman–Crippen LogP) is 2.20. The average Bonchev–Trinajstić information content (AvgIpc) is 2.49. The molecule has 0 saturated carbocycles. The predicted molar refractivity (Wildman–Crippen MR) is 89.8 cm³/mol. The minimum absolute atomic E-state index is 0.157. The summed E-state index contributed by atoms with van der Waals surface area (Å²) >= 11 is 5.80. The summed E-state index contributed by atoms with van der Waals surface area (Å²) in [5.41, 5.74) is 0.935. The van der Waals surface area contributed by atoms with Gasteiger partial charge in [-0.25, -0.2) is 9.78 Å². The average molecular weight is 354 g/mol. The Bertz CT molecular complexity index is 733. The van der Waals surface area contributed by atoms with Crippen molar-refractivity contribution in [1.82, 2.24) is 15.3 Å². The number of aliphatic hydroxyl groups excluding tert-OH is 2. The number of aromatic nitrogens is 2.